The van der Waals surface area contributed by atoms with Crippen molar-refractivity contribution in [2.75, 3.05) is 19.6 Å². The minimum absolute atomic E-state index is 0.575. The molecule has 1 aliphatic rings. The second-order valence-electron chi connectivity index (χ2n) is 4.90. The molecule has 1 saturated heterocycles. The Hall–Kier alpha value is -0.0400. The highest BCUT2D eigenvalue weighted by molar-refractivity contribution is 4.79. The van der Waals surface area contributed by atoms with Crippen LogP contribution < -0.4 is 0 Å². The van der Waals surface area contributed by atoms with Crippen LogP contribution in [0.5, 0.6) is 0 Å². The van der Waals surface area contributed by atoms with Crippen LogP contribution in [0.4, 0.5) is 0 Å². The predicted octanol–water partition coefficient (Wildman–Crippen LogP) is 2.91. The zero-order valence-electron chi connectivity index (χ0n) is 8.90. The fraction of sp³-hybridized carbons (Fsp3) is 1.00. The molecule has 1 nitrogen and oxygen atoms in total. The summed E-state index contributed by atoms with van der Waals surface area (Å²) < 4.78 is 0. The summed E-state index contributed by atoms with van der Waals surface area (Å²) in [5.41, 5.74) is 0.575. The smallest absolute Gasteiger partial charge is 0.00327 e. The lowest BCUT2D eigenvalue weighted by atomic mass is 9.84. The topological polar surface area (TPSA) is 3.24 Å². The second kappa shape index (κ2) is 4.27. The molecule has 0 aromatic rings. The molecule has 0 atom stereocenters. The molecular formula is C11H23N. The van der Waals surface area contributed by atoms with E-state index >= 15 is 0 Å². The van der Waals surface area contributed by atoms with Crippen molar-refractivity contribution in [3.8, 4) is 0 Å². The highest BCUT2D eigenvalue weighted by Gasteiger charge is 2.25. The summed E-state index contributed by atoms with van der Waals surface area (Å²) in [4.78, 5) is 2.63. The van der Waals surface area contributed by atoms with E-state index in [1.54, 1.807) is 0 Å². The van der Waals surface area contributed by atoms with Crippen molar-refractivity contribution in [2.45, 2.75) is 46.5 Å². The fourth-order valence-electron chi connectivity index (χ4n) is 2.12. The number of hydrogen-bond donors (Lipinski definition) is 0. The standard InChI is InChI=1S/C11H23N/c1-4-5-8-12-9-6-7-11(2,3)10-12/h4-10H2,1-3H3. The van der Waals surface area contributed by atoms with E-state index in [0.29, 0.717) is 5.41 Å². The molecule has 1 aliphatic heterocycles. The van der Waals surface area contributed by atoms with E-state index < -0.39 is 0 Å². The van der Waals surface area contributed by atoms with Crippen LogP contribution in [0.2, 0.25) is 0 Å². The maximum Gasteiger partial charge on any atom is 0.00327 e. The van der Waals surface area contributed by atoms with Gasteiger partial charge in [-0.2, -0.15) is 0 Å². The fourth-order valence-corrected chi connectivity index (χ4v) is 2.12. The van der Waals surface area contributed by atoms with Gasteiger partial charge in [0.2, 0.25) is 0 Å². The summed E-state index contributed by atoms with van der Waals surface area (Å²) in [7, 11) is 0. The van der Waals surface area contributed by atoms with Gasteiger partial charge in [0.15, 0.2) is 0 Å². The molecule has 0 aromatic carbocycles. The molecule has 1 rings (SSSR count). The average Bonchev–Trinajstić information content (AvgIpc) is 1.99. The van der Waals surface area contributed by atoms with Gasteiger partial charge in [0.25, 0.3) is 0 Å². The van der Waals surface area contributed by atoms with Crippen LogP contribution in [0.1, 0.15) is 46.5 Å². The largest absolute Gasteiger partial charge is 0.303 e. The molecule has 12 heavy (non-hydrogen) atoms. The summed E-state index contributed by atoms with van der Waals surface area (Å²) in [6.07, 6.45) is 5.51. The first kappa shape index (κ1) is 10.0. The third kappa shape index (κ3) is 3.14. The second-order valence-corrected chi connectivity index (χ2v) is 4.90. The normalized spacial score (nSPS) is 24.2. The Balaban J connectivity index is 2.26. The Morgan fingerprint density at radius 3 is 2.67 bits per heavy atom. The van der Waals surface area contributed by atoms with Crippen molar-refractivity contribution in [3.63, 3.8) is 0 Å². The zero-order valence-corrected chi connectivity index (χ0v) is 8.90. The molecule has 1 heterocycles. The summed E-state index contributed by atoms with van der Waals surface area (Å²) in [6, 6.07) is 0. The first-order chi connectivity index (χ1) is 5.64. The average molecular weight is 169 g/mol. The summed E-state index contributed by atoms with van der Waals surface area (Å²) in [6.45, 7) is 11.0. The molecule has 0 bridgehead atoms. The van der Waals surface area contributed by atoms with Crippen molar-refractivity contribution >= 4 is 0 Å². The lowest BCUT2D eigenvalue weighted by Gasteiger charge is -2.38. The quantitative estimate of drug-likeness (QED) is 0.628. The van der Waals surface area contributed by atoms with Crippen LogP contribution >= 0.6 is 0 Å². The summed E-state index contributed by atoms with van der Waals surface area (Å²) in [5, 5.41) is 0. The van der Waals surface area contributed by atoms with Crippen molar-refractivity contribution in [3.05, 3.63) is 0 Å². The van der Waals surface area contributed by atoms with Gasteiger partial charge >= 0.3 is 0 Å². The Bertz CT molecular complexity index is 129. The summed E-state index contributed by atoms with van der Waals surface area (Å²) >= 11 is 0. The lowest BCUT2D eigenvalue weighted by molar-refractivity contribution is 0.116. The first-order valence-electron chi connectivity index (χ1n) is 5.36. The van der Waals surface area contributed by atoms with E-state index in [-0.39, 0.29) is 0 Å². The van der Waals surface area contributed by atoms with Crippen LogP contribution in [0.3, 0.4) is 0 Å². The van der Waals surface area contributed by atoms with Crippen LogP contribution in [-0.2, 0) is 0 Å². The molecule has 1 heteroatoms. The third-order valence-corrected chi connectivity index (χ3v) is 2.81. The Kier molecular flexibility index (Phi) is 3.57. The molecule has 0 radical (unpaired) electrons. The zero-order chi connectivity index (χ0) is 9.03. The minimum Gasteiger partial charge on any atom is -0.303 e. The summed E-state index contributed by atoms with van der Waals surface area (Å²) in [5.74, 6) is 0. The van der Waals surface area contributed by atoms with Gasteiger partial charge in [-0.05, 0) is 37.8 Å². The molecule has 72 valence electrons. The Morgan fingerprint density at radius 2 is 2.08 bits per heavy atom. The molecule has 1 fully saturated rings. The maximum atomic E-state index is 2.63. The van der Waals surface area contributed by atoms with Gasteiger partial charge < -0.3 is 4.90 Å². The third-order valence-electron chi connectivity index (χ3n) is 2.81. The van der Waals surface area contributed by atoms with Gasteiger partial charge in [-0.1, -0.05) is 27.2 Å². The molecule has 0 unspecified atom stereocenters. The van der Waals surface area contributed by atoms with E-state index in [9.17, 15) is 0 Å². The van der Waals surface area contributed by atoms with E-state index in [4.69, 9.17) is 0 Å². The maximum absolute atomic E-state index is 2.63. The number of nitrogens with zero attached hydrogens (tertiary/aromatic N) is 1. The first-order valence-corrected chi connectivity index (χ1v) is 5.36. The number of unbranched alkanes of at least 4 members (excludes halogenated alkanes) is 1. The van der Waals surface area contributed by atoms with Crippen LogP contribution in [0, 0.1) is 5.41 Å². The lowest BCUT2D eigenvalue weighted by Crippen LogP contribution is -2.40. The SMILES string of the molecule is CCCCN1CCCC(C)(C)C1. The van der Waals surface area contributed by atoms with Crippen molar-refractivity contribution in [2.24, 2.45) is 5.41 Å². The number of likely N-dealkylation sites (tertiary alicyclic amines) is 1. The number of piperidine rings is 1. The van der Waals surface area contributed by atoms with E-state index in [1.807, 2.05) is 0 Å². The van der Waals surface area contributed by atoms with Crippen LogP contribution in [0.15, 0.2) is 0 Å². The molecule has 0 aromatic heterocycles. The van der Waals surface area contributed by atoms with Gasteiger partial charge in [-0.15, -0.1) is 0 Å². The van der Waals surface area contributed by atoms with Gasteiger partial charge in [0.1, 0.15) is 0 Å². The van der Waals surface area contributed by atoms with E-state index in [0.717, 1.165) is 0 Å². The molecule has 0 amide bonds. The Labute approximate surface area is 77.1 Å². The van der Waals surface area contributed by atoms with Crippen molar-refractivity contribution < 1.29 is 0 Å². The van der Waals surface area contributed by atoms with Crippen LogP contribution in [0.25, 0.3) is 0 Å². The highest BCUT2D eigenvalue weighted by Crippen LogP contribution is 2.28. The van der Waals surface area contributed by atoms with Gasteiger partial charge in [0.05, 0.1) is 0 Å². The predicted molar refractivity (Wildman–Crippen MR) is 54.4 cm³/mol. The van der Waals surface area contributed by atoms with Crippen molar-refractivity contribution in [1.29, 1.82) is 0 Å². The van der Waals surface area contributed by atoms with Crippen molar-refractivity contribution in [1.82, 2.24) is 4.90 Å². The molecule has 0 spiro atoms. The Morgan fingerprint density at radius 1 is 1.33 bits per heavy atom. The molecule has 0 aliphatic carbocycles. The molecular weight excluding hydrogens is 146 g/mol. The molecule has 0 N–H and O–H groups in total. The van der Waals surface area contributed by atoms with Gasteiger partial charge in [0, 0.05) is 6.54 Å². The number of rotatable bonds is 3. The van der Waals surface area contributed by atoms with E-state index in [1.165, 1.54) is 45.3 Å². The van der Waals surface area contributed by atoms with Gasteiger partial charge in [-0.3, -0.25) is 0 Å². The minimum atomic E-state index is 0.575. The van der Waals surface area contributed by atoms with E-state index in [2.05, 4.69) is 25.7 Å². The molecule has 0 saturated carbocycles. The monoisotopic (exact) mass is 169 g/mol. The highest BCUT2D eigenvalue weighted by atomic mass is 15.1. The van der Waals surface area contributed by atoms with Crippen LogP contribution in [-0.4, -0.2) is 24.5 Å². The van der Waals surface area contributed by atoms with Gasteiger partial charge in [-0.25, -0.2) is 0 Å². The number of hydrogen-bond acceptors (Lipinski definition) is 1.